The number of piperidine rings is 1. The molecule has 0 radical (unpaired) electrons. The summed E-state index contributed by atoms with van der Waals surface area (Å²) in [5.41, 5.74) is 1.53. The van der Waals surface area contributed by atoms with Gasteiger partial charge in [-0.1, -0.05) is 6.07 Å². The molecule has 2 fully saturated rings. The monoisotopic (exact) mass is 379 g/mol. The lowest BCUT2D eigenvalue weighted by atomic mass is 10.1. The number of rotatable bonds is 5. The first-order chi connectivity index (χ1) is 13.7. The van der Waals surface area contributed by atoms with E-state index in [0.717, 1.165) is 43.5 Å². The van der Waals surface area contributed by atoms with E-state index in [0.29, 0.717) is 29.4 Å². The van der Waals surface area contributed by atoms with Gasteiger partial charge < -0.3 is 5.32 Å². The normalized spacial score (nSPS) is 23.4. The number of pyridine rings is 1. The highest BCUT2D eigenvalue weighted by Crippen LogP contribution is 2.47. The lowest BCUT2D eigenvalue weighted by Crippen LogP contribution is -2.28. The van der Waals surface area contributed by atoms with Crippen molar-refractivity contribution in [2.45, 2.75) is 12.6 Å². The van der Waals surface area contributed by atoms with E-state index in [1.54, 1.807) is 12.1 Å². The van der Waals surface area contributed by atoms with E-state index < -0.39 is 11.6 Å². The van der Waals surface area contributed by atoms with Crippen molar-refractivity contribution < 1.29 is 8.78 Å². The van der Waals surface area contributed by atoms with Gasteiger partial charge in [0.1, 0.15) is 17.5 Å². The van der Waals surface area contributed by atoms with E-state index in [-0.39, 0.29) is 5.56 Å². The molecule has 1 saturated heterocycles. The van der Waals surface area contributed by atoms with Crippen molar-refractivity contribution in [3.8, 4) is 11.3 Å². The average molecular weight is 379 g/mol. The van der Waals surface area contributed by atoms with Crippen molar-refractivity contribution in [1.29, 1.82) is 0 Å². The van der Waals surface area contributed by atoms with Gasteiger partial charge in [0.15, 0.2) is 0 Å². The van der Waals surface area contributed by atoms with Crippen LogP contribution in [0.2, 0.25) is 0 Å². The van der Waals surface area contributed by atoms with Crippen LogP contribution in [0.25, 0.3) is 11.3 Å². The van der Waals surface area contributed by atoms with Crippen LogP contribution < -0.4 is 5.32 Å². The fourth-order valence-corrected chi connectivity index (χ4v) is 4.10. The molecule has 0 unspecified atom stereocenters. The molecule has 2 atom stereocenters. The fraction of sp³-hybridized carbons (Fsp3) is 0.286. The second-order valence-electron chi connectivity index (χ2n) is 7.44. The number of likely N-dealkylation sites (tertiary alicyclic amines) is 1. The smallest absolute Gasteiger partial charge is 0.148 e. The van der Waals surface area contributed by atoms with Gasteiger partial charge in [0.05, 0.1) is 11.4 Å². The van der Waals surface area contributed by atoms with Crippen molar-refractivity contribution in [3.05, 3.63) is 72.1 Å². The Morgan fingerprint density at radius 3 is 2.57 bits per heavy atom. The summed E-state index contributed by atoms with van der Waals surface area (Å²) in [7, 11) is 0. The molecule has 3 aromatic rings. The predicted molar refractivity (Wildman–Crippen MR) is 101 cm³/mol. The van der Waals surface area contributed by atoms with Gasteiger partial charge in [0, 0.05) is 37.4 Å². The minimum absolute atomic E-state index is 0.118. The Morgan fingerprint density at radius 1 is 1.00 bits per heavy atom. The molecule has 0 spiro atoms. The number of fused-ring (bicyclic) bond motifs is 1. The predicted octanol–water partition coefficient (Wildman–Crippen LogP) is 3.36. The second kappa shape index (κ2) is 6.91. The Bertz CT molecular complexity index is 968. The van der Waals surface area contributed by atoms with Crippen LogP contribution in [-0.2, 0) is 6.54 Å². The standard InChI is InChI=1S/C21H19F2N5/c22-13-4-5-18(23)15(9-13)19-6-7-20(27-26-19)25-21-16-11-28(12-17(16)21)10-14-3-1-2-8-24-14/h1-9,16-17,21H,10-12H2,(H,25,27)/t16-,17-/m1/s1. The molecule has 1 N–H and O–H groups in total. The Labute approximate surface area is 161 Å². The minimum Gasteiger partial charge on any atom is -0.365 e. The van der Waals surface area contributed by atoms with Gasteiger partial charge in [0.25, 0.3) is 0 Å². The molecular weight excluding hydrogens is 360 g/mol. The van der Waals surface area contributed by atoms with Gasteiger partial charge >= 0.3 is 0 Å². The van der Waals surface area contributed by atoms with Crippen LogP contribution in [0.15, 0.2) is 54.7 Å². The van der Waals surface area contributed by atoms with Gasteiger partial charge in [-0.15, -0.1) is 10.2 Å². The first-order valence-corrected chi connectivity index (χ1v) is 9.35. The molecule has 0 bridgehead atoms. The van der Waals surface area contributed by atoms with E-state index >= 15 is 0 Å². The molecule has 1 saturated carbocycles. The summed E-state index contributed by atoms with van der Waals surface area (Å²) in [4.78, 5) is 6.82. The number of halogens is 2. The Kier molecular flexibility index (Phi) is 4.24. The summed E-state index contributed by atoms with van der Waals surface area (Å²) < 4.78 is 27.2. The Morgan fingerprint density at radius 2 is 1.86 bits per heavy atom. The molecule has 142 valence electrons. The first kappa shape index (κ1) is 17.2. The van der Waals surface area contributed by atoms with Crippen LogP contribution in [0.3, 0.4) is 0 Å². The van der Waals surface area contributed by atoms with E-state index in [4.69, 9.17) is 0 Å². The van der Waals surface area contributed by atoms with Crippen LogP contribution >= 0.6 is 0 Å². The van der Waals surface area contributed by atoms with Gasteiger partial charge in [-0.05, 0) is 54.3 Å². The van der Waals surface area contributed by atoms with Gasteiger partial charge in [-0.2, -0.15) is 0 Å². The van der Waals surface area contributed by atoms with Gasteiger partial charge in [-0.3, -0.25) is 9.88 Å². The van der Waals surface area contributed by atoms with Crippen LogP contribution in [0.1, 0.15) is 5.69 Å². The molecule has 28 heavy (non-hydrogen) atoms. The number of benzene rings is 1. The van der Waals surface area contributed by atoms with Gasteiger partial charge in [-0.25, -0.2) is 8.78 Å². The Balaban J connectivity index is 1.18. The van der Waals surface area contributed by atoms with Crippen LogP contribution in [0, 0.1) is 23.5 Å². The zero-order valence-electron chi connectivity index (χ0n) is 15.1. The van der Waals surface area contributed by atoms with E-state index in [1.165, 1.54) is 0 Å². The van der Waals surface area contributed by atoms with Gasteiger partial charge in [0.2, 0.25) is 0 Å². The molecular formula is C21H19F2N5. The number of hydrogen-bond acceptors (Lipinski definition) is 5. The first-order valence-electron chi connectivity index (χ1n) is 9.35. The fourth-order valence-electron chi connectivity index (χ4n) is 4.10. The minimum atomic E-state index is -0.513. The van der Waals surface area contributed by atoms with Crippen LogP contribution in [0.5, 0.6) is 0 Å². The van der Waals surface area contributed by atoms with Crippen molar-refractivity contribution in [3.63, 3.8) is 0 Å². The number of nitrogens with one attached hydrogen (secondary N) is 1. The summed E-state index contributed by atoms with van der Waals surface area (Å²) in [6, 6.07) is 13.1. The number of hydrogen-bond donors (Lipinski definition) is 1. The highest BCUT2D eigenvalue weighted by Gasteiger charge is 2.55. The zero-order valence-corrected chi connectivity index (χ0v) is 15.1. The zero-order chi connectivity index (χ0) is 19.1. The third kappa shape index (κ3) is 3.33. The molecule has 2 aromatic heterocycles. The van der Waals surface area contributed by atoms with Crippen molar-refractivity contribution in [2.75, 3.05) is 18.4 Å². The van der Waals surface area contributed by atoms with E-state index in [9.17, 15) is 8.78 Å². The van der Waals surface area contributed by atoms with Crippen molar-refractivity contribution in [1.82, 2.24) is 20.1 Å². The lowest BCUT2D eigenvalue weighted by molar-refractivity contribution is 0.289. The molecule has 7 heteroatoms. The van der Waals surface area contributed by atoms with E-state index in [1.807, 2.05) is 18.3 Å². The summed E-state index contributed by atoms with van der Waals surface area (Å²) in [6.45, 7) is 2.96. The second-order valence-corrected chi connectivity index (χ2v) is 7.44. The lowest BCUT2D eigenvalue weighted by Gasteiger charge is -2.19. The maximum absolute atomic E-state index is 13.9. The summed E-state index contributed by atoms with van der Waals surface area (Å²) >= 11 is 0. The summed E-state index contributed by atoms with van der Waals surface area (Å²) in [5, 5.41) is 11.6. The molecule has 5 nitrogen and oxygen atoms in total. The topological polar surface area (TPSA) is 53.9 Å². The highest BCUT2D eigenvalue weighted by molar-refractivity contribution is 5.60. The van der Waals surface area contributed by atoms with Crippen molar-refractivity contribution in [2.24, 2.45) is 11.8 Å². The SMILES string of the molecule is Fc1ccc(F)c(-c2ccc(NC3[C@@H]4CN(Cc5ccccn5)C[C@@H]34)nn2)c1. The third-order valence-corrected chi connectivity index (χ3v) is 5.56. The van der Waals surface area contributed by atoms with Crippen LogP contribution in [0.4, 0.5) is 14.6 Å². The largest absolute Gasteiger partial charge is 0.365 e. The molecule has 1 aromatic carbocycles. The molecule has 2 aliphatic rings. The van der Waals surface area contributed by atoms with Crippen molar-refractivity contribution >= 4 is 5.82 Å². The average Bonchev–Trinajstić information content (AvgIpc) is 3.15. The number of anilines is 1. The summed E-state index contributed by atoms with van der Waals surface area (Å²) in [5.74, 6) is 0.857. The Hall–Kier alpha value is -2.93. The molecule has 1 aliphatic carbocycles. The highest BCUT2D eigenvalue weighted by atomic mass is 19.1. The molecule has 3 heterocycles. The quantitative estimate of drug-likeness (QED) is 0.737. The molecule has 5 rings (SSSR count). The maximum atomic E-state index is 13.9. The maximum Gasteiger partial charge on any atom is 0.148 e. The summed E-state index contributed by atoms with van der Waals surface area (Å²) in [6.07, 6.45) is 1.83. The molecule has 1 aliphatic heterocycles. The molecule has 0 amide bonds. The number of aromatic nitrogens is 3. The van der Waals surface area contributed by atoms with Crippen LogP contribution in [-0.4, -0.2) is 39.2 Å². The number of nitrogens with zero attached hydrogens (tertiary/aromatic N) is 4. The third-order valence-electron chi connectivity index (χ3n) is 5.56. The van der Waals surface area contributed by atoms with E-state index in [2.05, 4.69) is 31.5 Å².